The van der Waals surface area contributed by atoms with E-state index in [4.69, 9.17) is 4.74 Å². The first-order valence-electron chi connectivity index (χ1n) is 13.5. The molecule has 1 aromatic heterocycles. The number of carbonyl (C=O) groups excluding carboxylic acids is 3. The number of ether oxygens (including phenoxy) is 2. The van der Waals surface area contributed by atoms with Crippen LogP contribution in [0.4, 0.5) is 11.4 Å². The molecule has 8 nitrogen and oxygen atoms in total. The lowest BCUT2D eigenvalue weighted by molar-refractivity contribution is -0.156. The summed E-state index contributed by atoms with van der Waals surface area (Å²) in [6.07, 6.45) is 3.07. The van der Waals surface area contributed by atoms with Gasteiger partial charge in [0.25, 0.3) is 0 Å². The van der Waals surface area contributed by atoms with E-state index in [0.717, 1.165) is 70.0 Å². The van der Waals surface area contributed by atoms with Crippen molar-refractivity contribution in [2.45, 2.75) is 40.0 Å². The zero-order valence-corrected chi connectivity index (χ0v) is 25.0. The van der Waals surface area contributed by atoms with E-state index in [-0.39, 0.29) is 18.3 Å². The summed E-state index contributed by atoms with van der Waals surface area (Å²) in [7, 11) is 0. The van der Waals surface area contributed by atoms with Gasteiger partial charge < -0.3 is 19.3 Å². The number of hydrogen-bond acceptors (Lipinski definition) is 8. The van der Waals surface area contributed by atoms with Crippen LogP contribution in [0.25, 0.3) is 10.1 Å². The Morgan fingerprint density at radius 1 is 0.900 bits per heavy atom. The molecule has 0 saturated carbocycles. The number of benzene rings is 2. The standard InChI is InChI=1S/C26H31N3O2S.C4H6O3.ClH/c1-20(30)29-12-3-5-21-8-9-22(19-25(21)29)31-17-4-11-27-13-15-28(16-14-27)24-6-2-7-26-23(24)10-18-32-26;1-3(5)7-4(2)6;/h2,6-10,18-19H,3-5,11-17H2,1H3;1-2H3;1H. The van der Waals surface area contributed by atoms with E-state index in [0.29, 0.717) is 6.61 Å². The molecular formula is C30H38ClN3O5S. The average molecular weight is 588 g/mol. The third-order valence-corrected chi connectivity index (χ3v) is 7.80. The molecule has 0 unspecified atom stereocenters. The second-order valence-corrected chi connectivity index (χ2v) is 10.7. The molecule has 2 aliphatic rings. The van der Waals surface area contributed by atoms with Crippen molar-refractivity contribution < 1.29 is 23.9 Å². The lowest BCUT2D eigenvalue weighted by atomic mass is 10.0. The minimum atomic E-state index is -0.562. The quantitative estimate of drug-likeness (QED) is 0.220. The summed E-state index contributed by atoms with van der Waals surface area (Å²) >= 11 is 1.82. The average Bonchev–Trinajstić information content (AvgIpc) is 3.40. The molecule has 0 radical (unpaired) electrons. The van der Waals surface area contributed by atoms with Gasteiger partial charge in [0.2, 0.25) is 5.91 Å². The van der Waals surface area contributed by atoms with Gasteiger partial charge >= 0.3 is 11.9 Å². The molecule has 5 rings (SSSR count). The third-order valence-electron chi connectivity index (χ3n) is 6.92. The number of nitrogens with zero attached hydrogens (tertiary/aromatic N) is 3. The van der Waals surface area contributed by atoms with Gasteiger partial charge in [-0.2, -0.15) is 0 Å². The summed E-state index contributed by atoms with van der Waals surface area (Å²) < 4.78 is 11.4. The normalized spacial score (nSPS) is 14.9. The van der Waals surface area contributed by atoms with Gasteiger partial charge in [-0.15, -0.1) is 23.7 Å². The van der Waals surface area contributed by atoms with Crippen LogP contribution in [-0.2, 0) is 25.5 Å². The molecule has 1 saturated heterocycles. The minimum Gasteiger partial charge on any atom is -0.493 e. The monoisotopic (exact) mass is 587 g/mol. The summed E-state index contributed by atoms with van der Waals surface area (Å²) in [6, 6.07) is 15.1. The van der Waals surface area contributed by atoms with Crippen molar-refractivity contribution in [3.63, 3.8) is 0 Å². The molecule has 0 aliphatic carbocycles. The molecule has 2 aromatic carbocycles. The van der Waals surface area contributed by atoms with E-state index in [2.05, 4.69) is 50.2 Å². The summed E-state index contributed by atoms with van der Waals surface area (Å²) in [6.45, 7) is 10.9. The molecule has 0 N–H and O–H groups in total. The zero-order valence-electron chi connectivity index (χ0n) is 23.4. The Bertz CT molecular complexity index is 1290. The second kappa shape index (κ2) is 15.0. The first-order chi connectivity index (χ1) is 18.8. The van der Waals surface area contributed by atoms with Crippen molar-refractivity contribution >= 4 is 63.1 Å². The maximum Gasteiger partial charge on any atom is 0.310 e. The van der Waals surface area contributed by atoms with Crippen LogP contribution in [0.2, 0.25) is 0 Å². The van der Waals surface area contributed by atoms with Gasteiger partial charge in [-0.1, -0.05) is 12.1 Å². The predicted octanol–water partition coefficient (Wildman–Crippen LogP) is 5.31. The fourth-order valence-corrected chi connectivity index (χ4v) is 5.93. The van der Waals surface area contributed by atoms with Crippen molar-refractivity contribution in [3.05, 3.63) is 53.4 Å². The van der Waals surface area contributed by atoms with Crippen LogP contribution >= 0.6 is 23.7 Å². The van der Waals surface area contributed by atoms with Gasteiger partial charge in [0.1, 0.15) is 5.75 Å². The van der Waals surface area contributed by atoms with Gasteiger partial charge in [0, 0.05) is 81.9 Å². The van der Waals surface area contributed by atoms with Gasteiger partial charge in [0.05, 0.1) is 12.3 Å². The van der Waals surface area contributed by atoms with Crippen molar-refractivity contribution in [3.8, 4) is 5.75 Å². The van der Waals surface area contributed by atoms with Crippen LogP contribution < -0.4 is 14.5 Å². The first kappa shape index (κ1) is 31.4. The van der Waals surface area contributed by atoms with E-state index in [1.165, 1.54) is 35.2 Å². The van der Waals surface area contributed by atoms with Crippen molar-refractivity contribution in [1.29, 1.82) is 0 Å². The van der Waals surface area contributed by atoms with Crippen LogP contribution in [0.1, 0.15) is 39.2 Å². The van der Waals surface area contributed by atoms with E-state index in [1.807, 2.05) is 28.4 Å². The molecule has 3 heterocycles. The van der Waals surface area contributed by atoms with Crippen molar-refractivity contribution in [1.82, 2.24) is 4.90 Å². The lowest BCUT2D eigenvalue weighted by Crippen LogP contribution is -2.46. The highest BCUT2D eigenvalue weighted by atomic mass is 35.5. The number of hydrogen-bond donors (Lipinski definition) is 0. The van der Waals surface area contributed by atoms with Gasteiger partial charge in [-0.05, 0) is 54.5 Å². The van der Waals surface area contributed by atoms with Gasteiger partial charge in [-0.3, -0.25) is 19.3 Å². The topological polar surface area (TPSA) is 79.4 Å². The van der Waals surface area contributed by atoms with Crippen molar-refractivity contribution in [2.75, 3.05) is 55.7 Å². The second-order valence-electron chi connectivity index (χ2n) is 9.79. The Morgan fingerprint density at radius 2 is 1.65 bits per heavy atom. The number of esters is 2. The largest absolute Gasteiger partial charge is 0.493 e. The number of fused-ring (bicyclic) bond motifs is 2. The number of anilines is 2. The molecule has 2 aliphatic heterocycles. The van der Waals surface area contributed by atoms with E-state index in [1.54, 1.807) is 6.92 Å². The molecule has 40 heavy (non-hydrogen) atoms. The molecular weight excluding hydrogens is 550 g/mol. The van der Waals surface area contributed by atoms with Crippen LogP contribution in [-0.4, -0.2) is 68.6 Å². The number of aryl methyl sites for hydroxylation is 1. The predicted molar refractivity (Wildman–Crippen MR) is 163 cm³/mol. The number of rotatable bonds is 6. The summed E-state index contributed by atoms with van der Waals surface area (Å²) in [5.74, 6) is -0.150. The molecule has 0 atom stereocenters. The highest BCUT2D eigenvalue weighted by Crippen LogP contribution is 2.32. The molecule has 10 heteroatoms. The molecule has 0 spiro atoms. The van der Waals surface area contributed by atoms with Crippen LogP contribution in [0.15, 0.2) is 47.8 Å². The van der Waals surface area contributed by atoms with Crippen molar-refractivity contribution in [2.24, 2.45) is 0 Å². The number of piperazine rings is 1. The summed E-state index contributed by atoms with van der Waals surface area (Å²) in [5.41, 5.74) is 3.64. The fourth-order valence-electron chi connectivity index (χ4n) is 5.12. The van der Waals surface area contributed by atoms with Crippen LogP contribution in [0.3, 0.4) is 0 Å². The number of amides is 1. The summed E-state index contributed by atoms with van der Waals surface area (Å²) in [4.78, 5) is 38.5. The number of halogens is 1. The Hall–Kier alpha value is -3.14. The Morgan fingerprint density at radius 3 is 2.33 bits per heavy atom. The molecule has 1 fully saturated rings. The summed E-state index contributed by atoms with van der Waals surface area (Å²) in [5, 5.41) is 3.57. The van der Waals surface area contributed by atoms with Crippen LogP contribution in [0.5, 0.6) is 5.75 Å². The molecule has 0 bridgehead atoms. The SMILES string of the molecule is CC(=O)N1CCCc2ccc(OCCCN3CCN(c4cccc5sccc45)CC3)cc21.CC(=O)OC(C)=O.Cl. The fraction of sp³-hybridized carbons (Fsp3) is 0.433. The lowest BCUT2D eigenvalue weighted by Gasteiger charge is -2.36. The Labute approximate surface area is 246 Å². The molecule has 216 valence electrons. The van der Waals surface area contributed by atoms with E-state index in [9.17, 15) is 14.4 Å². The number of thiophene rings is 1. The number of carbonyl (C=O) groups is 3. The maximum absolute atomic E-state index is 11.9. The Kier molecular flexibility index (Phi) is 11.8. The highest BCUT2D eigenvalue weighted by molar-refractivity contribution is 7.17. The van der Waals surface area contributed by atoms with Gasteiger partial charge in [-0.25, -0.2) is 0 Å². The third kappa shape index (κ3) is 8.43. The van der Waals surface area contributed by atoms with E-state index < -0.39 is 11.9 Å². The highest BCUT2D eigenvalue weighted by Gasteiger charge is 2.21. The smallest absolute Gasteiger partial charge is 0.310 e. The van der Waals surface area contributed by atoms with Gasteiger partial charge in [0.15, 0.2) is 0 Å². The molecule has 3 aromatic rings. The Balaban J connectivity index is 0.000000492. The minimum absolute atomic E-state index is 0. The maximum atomic E-state index is 11.9. The first-order valence-corrected chi connectivity index (χ1v) is 14.4. The zero-order chi connectivity index (χ0) is 27.8. The van der Waals surface area contributed by atoms with E-state index >= 15 is 0 Å². The van der Waals surface area contributed by atoms with Crippen LogP contribution in [0, 0.1) is 0 Å². The molecule has 1 amide bonds.